The Morgan fingerprint density at radius 2 is 2.00 bits per heavy atom. The van der Waals surface area contributed by atoms with E-state index in [1.807, 2.05) is 25.1 Å². The zero-order valence-electron chi connectivity index (χ0n) is 11.1. The third-order valence-electron chi connectivity index (χ3n) is 2.94. The molecule has 0 atom stereocenters. The zero-order chi connectivity index (χ0) is 14.5. The van der Waals surface area contributed by atoms with Crippen molar-refractivity contribution >= 4 is 0 Å². The summed E-state index contributed by atoms with van der Waals surface area (Å²) >= 11 is 0. The Morgan fingerprint density at radius 1 is 1.20 bits per heavy atom. The van der Waals surface area contributed by atoms with Crippen molar-refractivity contribution in [3.63, 3.8) is 0 Å². The first-order chi connectivity index (χ1) is 9.63. The Labute approximate surface area is 116 Å². The number of hydrogen-bond donors (Lipinski definition) is 1. The molecule has 0 aliphatic rings. The molecule has 1 N–H and O–H groups in total. The summed E-state index contributed by atoms with van der Waals surface area (Å²) in [6.45, 7) is 1.79. The van der Waals surface area contributed by atoms with Crippen molar-refractivity contribution in [2.24, 2.45) is 0 Å². The summed E-state index contributed by atoms with van der Waals surface area (Å²) in [5.74, 6) is 0.0986. The molecule has 0 fully saturated rings. The van der Waals surface area contributed by atoms with E-state index in [0.29, 0.717) is 22.4 Å². The highest BCUT2D eigenvalue weighted by Crippen LogP contribution is 2.22. The van der Waals surface area contributed by atoms with Crippen LogP contribution in [-0.2, 0) is 13.2 Å². The predicted octanol–water partition coefficient (Wildman–Crippen LogP) is 3.08. The van der Waals surface area contributed by atoms with E-state index in [9.17, 15) is 9.50 Å². The van der Waals surface area contributed by atoms with Crippen LogP contribution in [0.25, 0.3) is 0 Å². The molecular weight excluding hydrogens is 257 g/mol. The second-order valence-corrected chi connectivity index (χ2v) is 4.48. The topological polar surface area (TPSA) is 53.2 Å². The Kier molecular flexibility index (Phi) is 4.34. The van der Waals surface area contributed by atoms with Gasteiger partial charge in [0.1, 0.15) is 18.2 Å². The monoisotopic (exact) mass is 271 g/mol. The molecule has 3 nitrogen and oxygen atoms in total. The van der Waals surface area contributed by atoms with Crippen molar-refractivity contribution in [2.45, 2.75) is 20.1 Å². The average molecular weight is 271 g/mol. The fourth-order valence-corrected chi connectivity index (χ4v) is 1.88. The number of nitrogens with zero attached hydrogens (tertiary/aromatic N) is 1. The van der Waals surface area contributed by atoms with E-state index in [2.05, 4.69) is 0 Å². The lowest BCUT2D eigenvalue weighted by Crippen LogP contribution is -2.01. The predicted molar refractivity (Wildman–Crippen MR) is 72.5 cm³/mol. The quantitative estimate of drug-likeness (QED) is 0.929. The lowest BCUT2D eigenvalue weighted by Gasteiger charge is -2.11. The molecule has 0 amide bonds. The number of aryl methyl sites for hydroxylation is 1. The summed E-state index contributed by atoms with van der Waals surface area (Å²) in [7, 11) is 0. The summed E-state index contributed by atoms with van der Waals surface area (Å²) in [5, 5.41) is 18.1. The van der Waals surface area contributed by atoms with Gasteiger partial charge in [0.15, 0.2) is 0 Å². The smallest absolute Gasteiger partial charge is 0.129 e. The Balaban J connectivity index is 2.19. The van der Waals surface area contributed by atoms with Crippen LogP contribution < -0.4 is 4.74 Å². The van der Waals surface area contributed by atoms with Crippen molar-refractivity contribution in [2.75, 3.05) is 0 Å². The molecule has 0 saturated carbocycles. The fraction of sp³-hybridized carbons (Fsp3) is 0.188. The van der Waals surface area contributed by atoms with Crippen LogP contribution in [0.4, 0.5) is 4.39 Å². The lowest BCUT2D eigenvalue weighted by molar-refractivity contribution is 0.257. The normalized spacial score (nSPS) is 10.1. The van der Waals surface area contributed by atoms with Crippen molar-refractivity contribution in [3.05, 3.63) is 64.5 Å². The highest BCUT2D eigenvalue weighted by molar-refractivity contribution is 5.37. The van der Waals surface area contributed by atoms with Gasteiger partial charge in [-0.15, -0.1) is 0 Å². The van der Waals surface area contributed by atoms with Gasteiger partial charge in [0.25, 0.3) is 0 Å². The Hall–Kier alpha value is -2.38. The molecule has 0 aliphatic carbocycles. The largest absolute Gasteiger partial charge is 0.488 e. The summed E-state index contributed by atoms with van der Waals surface area (Å²) in [6, 6.07) is 11.5. The number of nitriles is 1. The molecule has 4 heteroatoms. The van der Waals surface area contributed by atoms with Crippen LogP contribution in [0, 0.1) is 24.1 Å². The molecule has 0 bridgehead atoms. The third-order valence-corrected chi connectivity index (χ3v) is 2.94. The average Bonchev–Trinajstić information content (AvgIpc) is 2.47. The van der Waals surface area contributed by atoms with E-state index in [4.69, 9.17) is 10.00 Å². The van der Waals surface area contributed by atoms with Crippen molar-refractivity contribution in [1.29, 1.82) is 5.26 Å². The molecule has 2 aromatic carbocycles. The highest BCUT2D eigenvalue weighted by atomic mass is 19.1. The van der Waals surface area contributed by atoms with Crippen LogP contribution in [0.2, 0.25) is 0 Å². The van der Waals surface area contributed by atoms with Crippen LogP contribution in [0.1, 0.15) is 22.3 Å². The molecule has 0 heterocycles. The van der Waals surface area contributed by atoms with Crippen molar-refractivity contribution < 1.29 is 14.2 Å². The van der Waals surface area contributed by atoms with Gasteiger partial charge in [0.05, 0.1) is 18.2 Å². The minimum atomic E-state index is -0.415. The van der Waals surface area contributed by atoms with E-state index in [1.165, 1.54) is 18.2 Å². The molecule has 2 aromatic rings. The first-order valence-electron chi connectivity index (χ1n) is 6.15. The first kappa shape index (κ1) is 14.0. The molecule has 0 spiro atoms. The third kappa shape index (κ3) is 3.14. The van der Waals surface area contributed by atoms with Crippen LogP contribution in [0.5, 0.6) is 5.75 Å². The molecule has 0 aromatic heterocycles. The molecule has 0 aliphatic heterocycles. The van der Waals surface area contributed by atoms with Gasteiger partial charge < -0.3 is 9.84 Å². The van der Waals surface area contributed by atoms with Crippen LogP contribution in [0.3, 0.4) is 0 Å². The SMILES string of the molecule is Cc1ccc(OCc2cc(C#N)ccc2F)c(CO)c1. The lowest BCUT2D eigenvalue weighted by atomic mass is 10.1. The summed E-state index contributed by atoms with van der Waals surface area (Å²) in [5.41, 5.74) is 2.37. The summed E-state index contributed by atoms with van der Waals surface area (Å²) in [6.07, 6.45) is 0. The van der Waals surface area contributed by atoms with Gasteiger partial charge in [-0.05, 0) is 31.2 Å². The molecule has 0 unspecified atom stereocenters. The molecule has 20 heavy (non-hydrogen) atoms. The number of rotatable bonds is 4. The summed E-state index contributed by atoms with van der Waals surface area (Å²) < 4.78 is 19.2. The molecule has 0 saturated heterocycles. The van der Waals surface area contributed by atoms with Gasteiger partial charge in [0, 0.05) is 11.1 Å². The standard InChI is InChI=1S/C16H14FNO2/c1-11-2-5-16(13(6-11)9-19)20-10-14-7-12(8-18)3-4-15(14)17/h2-7,19H,9-10H2,1H3. The highest BCUT2D eigenvalue weighted by Gasteiger charge is 2.07. The molecule has 102 valence electrons. The first-order valence-corrected chi connectivity index (χ1v) is 6.15. The Bertz CT molecular complexity index is 662. The van der Waals surface area contributed by atoms with E-state index >= 15 is 0 Å². The minimum Gasteiger partial charge on any atom is -0.488 e. The van der Waals surface area contributed by atoms with Gasteiger partial charge in [-0.1, -0.05) is 17.7 Å². The number of benzene rings is 2. The summed E-state index contributed by atoms with van der Waals surface area (Å²) in [4.78, 5) is 0. The van der Waals surface area contributed by atoms with E-state index in [1.54, 1.807) is 6.07 Å². The van der Waals surface area contributed by atoms with Gasteiger partial charge in [-0.3, -0.25) is 0 Å². The van der Waals surface area contributed by atoms with E-state index < -0.39 is 5.82 Å². The van der Waals surface area contributed by atoms with E-state index in [-0.39, 0.29) is 13.2 Å². The molecular formula is C16H14FNO2. The second kappa shape index (κ2) is 6.18. The van der Waals surface area contributed by atoms with Gasteiger partial charge in [-0.2, -0.15) is 5.26 Å². The van der Waals surface area contributed by atoms with Crippen molar-refractivity contribution in [3.8, 4) is 11.8 Å². The maximum atomic E-state index is 13.6. The molecule has 2 rings (SSSR count). The maximum absolute atomic E-state index is 13.6. The van der Waals surface area contributed by atoms with Crippen molar-refractivity contribution in [1.82, 2.24) is 0 Å². The van der Waals surface area contributed by atoms with E-state index in [0.717, 1.165) is 5.56 Å². The Morgan fingerprint density at radius 3 is 2.70 bits per heavy atom. The number of halogens is 1. The molecule has 0 radical (unpaired) electrons. The van der Waals surface area contributed by atoms with Gasteiger partial charge >= 0.3 is 0 Å². The van der Waals surface area contributed by atoms with Crippen LogP contribution >= 0.6 is 0 Å². The maximum Gasteiger partial charge on any atom is 0.129 e. The number of aliphatic hydroxyl groups is 1. The minimum absolute atomic E-state index is 0.0113. The second-order valence-electron chi connectivity index (χ2n) is 4.48. The number of aliphatic hydroxyl groups excluding tert-OH is 1. The van der Waals surface area contributed by atoms with Crippen LogP contribution in [-0.4, -0.2) is 5.11 Å². The fourth-order valence-electron chi connectivity index (χ4n) is 1.88. The van der Waals surface area contributed by atoms with Crippen LogP contribution in [0.15, 0.2) is 36.4 Å². The number of hydrogen-bond acceptors (Lipinski definition) is 3. The van der Waals surface area contributed by atoms with Gasteiger partial charge in [-0.25, -0.2) is 4.39 Å². The zero-order valence-corrected chi connectivity index (χ0v) is 11.1. The number of ether oxygens (including phenoxy) is 1. The van der Waals surface area contributed by atoms with Gasteiger partial charge in [0.2, 0.25) is 0 Å².